The van der Waals surface area contributed by atoms with Crippen LogP contribution in [0.5, 0.6) is 0 Å². The summed E-state index contributed by atoms with van der Waals surface area (Å²) >= 11 is 0. The molecule has 0 radical (unpaired) electrons. The fraction of sp³-hybridized carbons (Fsp3) is 0.250. The first-order valence-corrected chi connectivity index (χ1v) is 8.75. The number of carbonyl (C=O) groups excluding carboxylic acids is 1. The molecule has 0 unspecified atom stereocenters. The minimum Gasteiger partial charge on any atom is -0.462 e. The van der Waals surface area contributed by atoms with Crippen LogP contribution in [0, 0.1) is 0 Å². The second kappa shape index (κ2) is 5.34. The van der Waals surface area contributed by atoms with Crippen LogP contribution in [-0.2, 0) is 21.1 Å². The molecule has 0 fully saturated rings. The Bertz CT molecular complexity index is 1010. The Hall–Kier alpha value is -2.41. The molecule has 1 aliphatic rings. The van der Waals surface area contributed by atoms with Crippen LogP contribution in [0.1, 0.15) is 29.8 Å². The zero-order valence-corrected chi connectivity index (χ0v) is 13.5. The quantitative estimate of drug-likeness (QED) is 0.802. The van der Waals surface area contributed by atoms with E-state index < -0.39 is 21.2 Å². The van der Waals surface area contributed by atoms with Gasteiger partial charge in [-0.2, -0.15) is 0 Å². The van der Waals surface area contributed by atoms with Gasteiger partial charge in [0.05, 0.1) is 17.0 Å². The van der Waals surface area contributed by atoms with Crippen LogP contribution in [0.25, 0.3) is 17.0 Å². The van der Waals surface area contributed by atoms with Crippen LogP contribution >= 0.6 is 0 Å². The zero-order chi connectivity index (χ0) is 16.8. The second-order valence-corrected chi connectivity index (χ2v) is 6.94. The zero-order valence-electron chi connectivity index (χ0n) is 12.7. The highest BCUT2D eigenvalue weighted by molar-refractivity contribution is 7.94. The Morgan fingerprint density at radius 1 is 1.26 bits per heavy atom. The number of aryl methyl sites for hydroxylation is 1. The van der Waals surface area contributed by atoms with Gasteiger partial charge in [0, 0.05) is 23.5 Å². The molecule has 0 spiro atoms. The molecule has 0 saturated heterocycles. The molecular formula is C16H15NO5S. The van der Waals surface area contributed by atoms with E-state index in [0.717, 1.165) is 5.41 Å². The molecule has 0 atom stereocenters. The molecule has 1 aliphatic heterocycles. The Labute approximate surface area is 132 Å². The van der Waals surface area contributed by atoms with E-state index in [0.29, 0.717) is 17.6 Å². The Morgan fingerprint density at radius 2 is 2.00 bits per heavy atom. The molecule has 2 heterocycles. The molecule has 0 saturated carbocycles. The SMILES string of the molecule is CCOC(=O)c1cn(CC)c2cc3c(cc2c1=O)S(=O)(=O)C=C3. The van der Waals surface area contributed by atoms with Gasteiger partial charge in [-0.3, -0.25) is 4.79 Å². The van der Waals surface area contributed by atoms with Crippen molar-refractivity contribution < 1.29 is 17.9 Å². The van der Waals surface area contributed by atoms with Crippen LogP contribution < -0.4 is 5.43 Å². The predicted molar refractivity (Wildman–Crippen MR) is 86.1 cm³/mol. The lowest BCUT2D eigenvalue weighted by Gasteiger charge is -2.12. The maximum absolute atomic E-state index is 12.6. The summed E-state index contributed by atoms with van der Waals surface area (Å²) in [5.74, 6) is -0.705. The number of nitrogens with zero attached hydrogens (tertiary/aromatic N) is 1. The standard InChI is InChI=1S/C16H15NO5S/c1-3-17-9-12(16(19)22-4-2)15(18)11-8-14-10(7-13(11)17)5-6-23(14,20)21/h5-9H,3-4H2,1-2H3. The van der Waals surface area contributed by atoms with Crippen molar-refractivity contribution in [1.29, 1.82) is 0 Å². The van der Waals surface area contributed by atoms with Crippen molar-refractivity contribution in [3.05, 3.63) is 45.1 Å². The van der Waals surface area contributed by atoms with Crippen molar-refractivity contribution in [2.75, 3.05) is 6.61 Å². The van der Waals surface area contributed by atoms with E-state index in [1.54, 1.807) is 17.6 Å². The number of rotatable bonds is 3. The van der Waals surface area contributed by atoms with Crippen LogP contribution in [0.4, 0.5) is 0 Å². The van der Waals surface area contributed by atoms with E-state index in [4.69, 9.17) is 4.74 Å². The third-order valence-electron chi connectivity index (χ3n) is 3.78. The van der Waals surface area contributed by atoms with E-state index in [-0.39, 0.29) is 22.5 Å². The fourth-order valence-electron chi connectivity index (χ4n) is 2.66. The molecule has 0 amide bonds. The topological polar surface area (TPSA) is 82.4 Å². The van der Waals surface area contributed by atoms with Gasteiger partial charge in [-0.15, -0.1) is 0 Å². The number of esters is 1. The molecule has 6 nitrogen and oxygen atoms in total. The maximum atomic E-state index is 12.6. The first-order chi connectivity index (χ1) is 10.9. The fourth-order valence-corrected chi connectivity index (χ4v) is 3.87. The van der Waals surface area contributed by atoms with Gasteiger partial charge in [0.1, 0.15) is 5.56 Å². The van der Waals surface area contributed by atoms with Gasteiger partial charge in [0.2, 0.25) is 5.43 Å². The Kier molecular flexibility index (Phi) is 3.60. The normalized spacial score (nSPS) is 14.9. The first kappa shape index (κ1) is 15.5. The Morgan fingerprint density at radius 3 is 2.65 bits per heavy atom. The van der Waals surface area contributed by atoms with Crippen LogP contribution in [0.15, 0.2) is 33.4 Å². The van der Waals surface area contributed by atoms with E-state index >= 15 is 0 Å². The summed E-state index contributed by atoms with van der Waals surface area (Å²) in [6.45, 7) is 4.21. The minimum atomic E-state index is -3.52. The number of pyridine rings is 1. The van der Waals surface area contributed by atoms with Crippen molar-refractivity contribution in [3.63, 3.8) is 0 Å². The smallest absolute Gasteiger partial charge is 0.343 e. The number of benzene rings is 1. The van der Waals surface area contributed by atoms with Gasteiger partial charge in [-0.25, -0.2) is 13.2 Å². The number of carbonyl (C=O) groups is 1. The molecule has 0 bridgehead atoms. The molecule has 120 valence electrons. The third kappa shape index (κ3) is 2.37. The molecule has 23 heavy (non-hydrogen) atoms. The minimum absolute atomic E-state index is 0.0887. The predicted octanol–water partition coefficient (Wildman–Crippen LogP) is 1.96. The maximum Gasteiger partial charge on any atom is 0.343 e. The highest BCUT2D eigenvalue weighted by Gasteiger charge is 2.24. The summed E-state index contributed by atoms with van der Waals surface area (Å²) in [7, 11) is -3.52. The van der Waals surface area contributed by atoms with Gasteiger partial charge in [0.15, 0.2) is 9.84 Å². The van der Waals surface area contributed by atoms with Crippen molar-refractivity contribution >= 4 is 32.8 Å². The lowest BCUT2D eigenvalue weighted by atomic mass is 10.1. The molecule has 1 aromatic carbocycles. The number of hydrogen-bond acceptors (Lipinski definition) is 5. The van der Waals surface area contributed by atoms with Crippen molar-refractivity contribution in [2.45, 2.75) is 25.3 Å². The Balaban J connectivity index is 2.38. The van der Waals surface area contributed by atoms with Gasteiger partial charge >= 0.3 is 5.97 Å². The number of fused-ring (bicyclic) bond motifs is 2. The second-order valence-electron chi connectivity index (χ2n) is 5.13. The van der Waals surface area contributed by atoms with E-state index in [1.807, 2.05) is 6.92 Å². The molecule has 1 aromatic heterocycles. The average molecular weight is 333 g/mol. The van der Waals surface area contributed by atoms with Crippen LogP contribution in [-0.4, -0.2) is 25.6 Å². The molecule has 7 heteroatoms. The highest BCUT2D eigenvalue weighted by Crippen LogP contribution is 2.30. The van der Waals surface area contributed by atoms with Crippen LogP contribution in [0.2, 0.25) is 0 Å². The molecule has 0 N–H and O–H groups in total. The summed E-state index contributed by atoms with van der Waals surface area (Å²) in [5.41, 5.74) is 0.520. The monoisotopic (exact) mass is 333 g/mol. The number of aromatic nitrogens is 1. The van der Waals surface area contributed by atoms with E-state index in [1.165, 1.54) is 18.3 Å². The summed E-state index contributed by atoms with van der Waals surface area (Å²) < 4.78 is 30.6. The molecule has 2 aromatic rings. The van der Waals surface area contributed by atoms with E-state index in [2.05, 4.69) is 0 Å². The van der Waals surface area contributed by atoms with Crippen LogP contribution in [0.3, 0.4) is 0 Å². The van der Waals surface area contributed by atoms with Gasteiger partial charge in [-0.1, -0.05) is 0 Å². The van der Waals surface area contributed by atoms with E-state index in [9.17, 15) is 18.0 Å². The first-order valence-electron chi connectivity index (χ1n) is 7.20. The summed E-state index contributed by atoms with van der Waals surface area (Å²) in [4.78, 5) is 24.7. The lowest BCUT2D eigenvalue weighted by molar-refractivity contribution is 0.0524. The van der Waals surface area contributed by atoms with Crippen molar-refractivity contribution in [1.82, 2.24) is 4.57 Å². The average Bonchev–Trinajstić information content (AvgIpc) is 2.81. The number of sulfone groups is 1. The summed E-state index contributed by atoms with van der Waals surface area (Å²) in [6.07, 6.45) is 2.97. The van der Waals surface area contributed by atoms with Crippen molar-refractivity contribution in [2.24, 2.45) is 0 Å². The van der Waals surface area contributed by atoms with Crippen molar-refractivity contribution in [3.8, 4) is 0 Å². The molecule has 0 aliphatic carbocycles. The molecule has 3 rings (SSSR count). The summed E-state index contributed by atoms with van der Waals surface area (Å²) in [6, 6.07) is 3.00. The number of ether oxygens (including phenoxy) is 1. The highest BCUT2D eigenvalue weighted by atomic mass is 32.2. The van der Waals surface area contributed by atoms with Gasteiger partial charge < -0.3 is 9.30 Å². The van der Waals surface area contributed by atoms with Gasteiger partial charge in [0.25, 0.3) is 0 Å². The van der Waals surface area contributed by atoms with Gasteiger partial charge in [-0.05, 0) is 37.6 Å². The molecular weight excluding hydrogens is 318 g/mol. The third-order valence-corrected chi connectivity index (χ3v) is 5.24. The largest absolute Gasteiger partial charge is 0.462 e. The number of hydrogen-bond donors (Lipinski definition) is 0. The summed E-state index contributed by atoms with van der Waals surface area (Å²) in [5, 5.41) is 1.31. The lowest BCUT2D eigenvalue weighted by Crippen LogP contribution is -2.21.